The van der Waals surface area contributed by atoms with E-state index in [0.717, 1.165) is 12.8 Å². The number of hydrogen-bond acceptors (Lipinski definition) is 3. The van der Waals surface area contributed by atoms with Crippen LogP contribution in [0.4, 0.5) is 0 Å². The largest absolute Gasteiger partial charge is 0.392 e. The van der Waals surface area contributed by atoms with Crippen LogP contribution in [0.2, 0.25) is 0 Å². The Kier molecular flexibility index (Phi) is 5.31. The lowest BCUT2D eigenvalue weighted by molar-refractivity contribution is 0.280. The third-order valence-electron chi connectivity index (χ3n) is 2.93. The van der Waals surface area contributed by atoms with Crippen LogP contribution in [0.25, 0.3) is 0 Å². The minimum Gasteiger partial charge on any atom is -0.392 e. The van der Waals surface area contributed by atoms with Crippen LogP contribution in [0.3, 0.4) is 0 Å². The smallest absolute Gasteiger partial charge is 0.241 e. The average molecular weight is 271 g/mol. The SMILES string of the molecule is CCCC(C)NS(=O)(=O)c1cccc(CO)c1C. The molecule has 0 bridgehead atoms. The second-order valence-electron chi connectivity index (χ2n) is 4.51. The first-order valence-electron chi connectivity index (χ1n) is 6.14. The Balaban J connectivity index is 3.05. The first-order chi connectivity index (χ1) is 8.42. The van der Waals surface area contributed by atoms with Gasteiger partial charge in [0.05, 0.1) is 11.5 Å². The summed E-state index contributed by atoms with van der Waals surface area (Å²) in [4.78, 5) is 0.247. The van der Waals surface area contributed by atoms with Crippen LogP contribution >= 0.6 is 0 Å². The summed E-state index contributed by atoms with van der Waals surface area (Å²) in [6, 6.07) is 4.86. The fourth-order valence-corrected chi connectivity index (χ4v) is 3.51. The van der Waals surface area contributed by atoms with Gasteiger partial charge in [0.2, 0.25) is 10.0 Å². The standard InChI is InChI=1S/C13H21NO3S/c1-4-6-10(2)14-18(16,17)13-8-5-7-12(9-15)11(13)3/h5,7-8,10,14-15H,4,6,9H2,1-3H3. The maximum atomic E-state index is 12.2. The van der Waals surface area contributed by atoms with Gasteiger partial charge < -0.3 is 5.11 Å². The molecule has 1 aromatic rings. The van der Waals surface area contributed by atoms with Gasteiger partial charge in [-0.3, -0.25) is 0 Å². The van der Waals surface area contributed by atoms with Gasteiger partial charge in [-0.2, -0.15) is 0 Å². The molecule has 102 valence electrons. The molecule has 1 aromatic carbocycles. The highest BCUT2D eigenvalue weighted by molar-refractivity contribution is 7.89. The van der Waals surface area contributed by atoms with Crippen LogP contribution in [-0.4, -0.2) is 19.6 Å². The van der Waals surface area contributed by atoms with E-state index in [1.807, 2.05) is 13.8 Å². The predicted octanol–water partition coefficient (Wildman–Crippen LogP) is 1.95. The quantitative estimate of drug-likeness (QED) is 0.831. The first kappa shape index (κ1) is 15.1. The highest BCUT2D eigenvalue weighted by Crippen LogP contribution is 2.19. The van der Waals surface area contributed by atoms with Crippen molar-refractivity contribution in [1.82, 2.24) is 4.72 Å². The van der Waals surface area contributed by atoms with Gasteiger partial charge in [0, 0.05) is 6.04 Å². The Hall–Kier alpha value is -0.910. The van der Waals surface area contributed by atoms with Gasteiger partial charge in [0.15, 0.2) is 0 Å². The molecule has 1 rings (SSSR count). The van der Waals surface area contributed by atoms with E-state index in [2.05, 4.69) is 4.72 Å². The average Bonchev–Trinajstić information content (AvgIpc) is 2.28. The van der Waals surface area contributed by atoms with Crippen molar-refractivity contribution in [2.24, 2.45) is 0 Å². The Morgan fingerprint density at radius 1 is 1.39 bits per heavy atom. The Labute approximate surface area is 109 Å². The van der Waals surface area contributed by atoms with E-state index in [1.54, 1.807) is 25.1 Å². The second-order valence-corrected chi connectivity index (χ2v) is 6.19. The molecule has 0 spiro atoms. The molecule has 0 heterocycles. The molecule has 1 atom stereocenters. The second kappa shape index (κ2) is 6.31. The lowest BCUT2D eigenvalue weighted by atomic mass is 10.1. The van der Waals surface area contributed by atoms with Gasteiger partial charge in [-0.25, -0.2) is 13.1 Å². The van der Waals surface area contributed by atoms with Crippen molar-refractivity contribution >= 4 is 10.0 Å². The maximum Gasteiger partial charge on any atom is 0.241 e. The van der Waals surface area contributed by atoms with Crippen molar-refractivity contribution in [3.8, 4) is 0 Å². The van der Waals surface area contributed by atoms with Crippen molar-refractivity contribution in [2.75, 3.05) is 0 Å². The number of nitrogens with one attached hydrogen (secondary N) is 1. The molecular weight excluding hydrogens is 250 g/mol. The van der Waals surface area contributed by atoms with E-state index in [9.17, 15) is 8.42 Å². The van der Waals surface area contributed by atoms with Gasteiger partial charge in [-0.15, -0.1) is 0 Å². The summed E-state index contributed by atoms with van der Waals surface area (Å²) in [7, 11) is -3.51. The Morgan fingerprint density at radius 2 is 2.06 bits per heavy atom. The minimum atomic E-state index is -3.51. The van der Waals surface area contributed by atoms with Crippen molar-refractivity contribution < 1.29 is 13.5 Å². The molecule has 0 aliphatic rings. The van der Waals surface area contributed by atoms with E-state index in [-0.39, 0.29) is 17.5 Å². The molecule has 0 amide bonds. The zero-order valence-corrected chi connectivity index (χ0v) is 11.9. The zero-order valence-electron chi connectivity index (χ0n) is 11.1. The van der Waals surface area contributed by atoms with E-state index < -0.39 is 10.0 Å². The number of benzene rings is 1. The number of aliphatic hydroxyl groups excluding tert-OH is 1. The van der Waals surface area contributed by atoms with Crippen LogP contribution < -0.4 is 4.72 Å². The molecule has 0 saturated carbocycles. The topological polar surface area (TPSA) is 66.4 Å². The van der Waals surface area contributed by atoms with E-state index in [1.165, 1.54) is 0 Å². The Morgan fingerprint density at radius 3 is 2.61 bits per heavy atom. The van der Waals surface area contributed by atoms with Crippen LogP contribution in [0.15, 0.2) is 23.1 Å². The molecule has 5 heteroatoms. The summed E-state index contributed by atoms with van der Waals surface area (Å²) in [5.74, 6) is 0. The predicted molar refractivity (Wildman–Crippen MR) is 71.8 cm³/mol. The highest BCUT2D eigenvalue weighted by Gasteiger charge is 2.20. The zero-order chi connectivity index (χ0) is 13.8. The van der Waals surface area contributed by atoms with Crippen LogP contribution in [0, 0.1) is 6.92 Å². The Bertz CT molecular complexity index is 497. The summed E-state index contributed by atoms with van der Waals surface area (Å²) >= 11 is 0. The normalized spacial score (nSPS) is 13.6. The third-order valence-corrected chi connectivity index (χ3v) is 4.67. The molecule has 0 saturated heterocycles. The lowest BCUT2D eigenvalue weighted by Crippen LogP contribution is -2.33. The summed E-state index contributed by atoms with van der Waals surface area (Å²) in [5.41, 5.74) is 1.25. The molecule has 0 fully saturated rings. The third kappa shape index (κ3) is 3.54. The number of sulfonamides is 1. The van der Waals surface area contributed by atoms with Gasteiger partial charge in [0.25, 0.3) is 0 Å². The lowest BCUT2D eigenvalue weighted by Gasteiger charge is -2.15. The van der Waals surface area contributed by atoms with Gasteiger partial charge in [-0.1, -0.05) is 25.5 Å². The fourth-order valence-electron chi connectivity index (χ4n) is 1.94. The van der Waals surface area contributed by atoms with Crippen molar-refractivity contribution in [1.29, 1.82) is 0 Å². The maximum absolute atomic E-state index is 12.2. The summed E-state index contributed by atoms with van der Waals surface area (Å²) in [5, 5.41) is 9.16. The van der Waals surface area contributed by atoms with Gasteiger partial charge in [0.1, 0.15) is 0 Å². The van der Waals surface area contributed by atoms with Crippen molar-refractivity contribution in [3.05, 3.63) is 29.3 Å². The molecule has 2 N–H and O–H groups in total. The molecule has 0 aromatic heterocycles. The molecule has 4 nitrogen and oxygen atoms in total. The monoisotopic (exact) mass is 271 g/mol. The fraction of sp³-hybridized carbons (Fsp3) is 0.538. The van der Waals surface area contributed by atoms with Crippen molar-refractivity contribution in [2.45, 2.75) is 51.2 Å². The van der Waals surface area contributed by atoms with Gasteiger partial charge >= 0.3 is 0 Å². The number of aliphatic hydroxyl groups is 1. The summed E-state index contributed by atoms with van der Waals surface area (Å²) in [6.07, 6.45) is 1.73. The van der Waals surface area contributed by atoms with E-state index in [4.69, 9.17) is 5.11 Å². The number of hydrogen-bond donors (Lipinski definition) is 2. The van der Waals surface area contributed by atoms with Crippen molar-refractivity contribution in [3.63, 3.8) is 0 Å². The first-order valence-corrected chi connectivity index (χ1v) is 7.62. The molecule has 0 aliphatic carbocycles. The van der Waals surface area contributed by atoms with Crippen LogP contribution in [0.5, 0.6) is 0 Å². The molecular formula is C13H21NO3S. The summed E-state index contributed by atoms with van der Waals surface area (Å²) < 4.78 is 27.1. The molecule has 1 unspecified atom stereocenters. The molecule has 0 aliphatic heterocycles. The minimum absolute atomic E-state index is 0.0859. The van der Waals surface area contributed by atoms with Crippen LogP contribution in [-0.2, 0) is 16.6 Å². The van der Waals surface area contributed by atoms with Gasteiger partial charge in [-0.05, 0) is 37.5 Å². The highest BCUT2D eigenvalue weighted by atomic mass is 32.2. The van der Waals surface area contributed by atoms with E-state index in [0.29, 0.717) is 11.1 Å². The molecule has 0 radical (unpaired) electrons. The summed E-state index contributed by atoms with van der Waals surface area (Å²) in [6.45, 7) is 5.43. The van der Waals surface area contributed by atoms with E-state index >= 15 is 0 Å². The molecule has 18 heavy (non-hydrogen) atoms. The van der Waals surface area contributed by atoms with Crippen LogP contribution in [0.1, 0.15) is 37.8 Å². The number of rotatable bonds is 6.